The van der Waals surface area contributed by atoms with Gasteiger partial charge in [-0.05, 0) is 36.2 Å². The molecule has 0 N–H and O–H groups in total. The van der Waals surface area contributed by atoms with Crippen LogP contribution in [0.2, 0.25) is 0 Å². The lowest BCUT2D eigenvalue weighted by Crippen LogP contribution is -2.28. The second-order valence-electron chi connectivity index (χ2n) is 6.10. The van der Waals surface area contributed by atoms with E-state index in [9.17, 15) is 4.79 Å². The fourth-order valence-corrected chi connectivity index (χ4v) is 2.64. The molecule has 1 amide bonds. The van der Waals surface area contributed by atoms with Crippen molar-refractivity contribution in [3.8, 4) is 11.6 Å². The monoisotopic (exact) mass is 351 g/mol. The fraction of sp³-hybridized carbons (Fsp3) is 0.263. The molecule has 3 heterocycles. The van der Waals surface area contributed by atoms with Gasteiger partial charge in [-0.2, -0.15) is 5.10 Å². The summed E-state index contributed by atoms with van der Waals surface area (Å²) >= 11 is 0. The van der Waals surface area contributed by atoms with Gasteiger partial charge in [0.05, 0.1) is 7.11 Å². The molecule has 0 aliphatic rings. The van der Waals surface area contributed by atoms with Gasteiger partial charge in [0.2, 0.25) is 0 Å². The summed E-state index contributed by atoms with van der Waals surface area (Å²) in [6.45, 7) is 4.10. The lowest BCUT2D eigenvalue weighted by Gasteiger charge is -2.17. The van der Waals surface area contributed by atoms with Gasteiger partial charge in [-0.1, -0.05) is 19.9 Å². The number of amides is 1. The second-order valence-corrected chi connectivity index (χ2v) is 6.10. The summed E-state index contributed by atoms with van der Waals surface area (Å²) in [6.07, 6.45) is 3.32. The first-order chi connectivity index (χ1) is 12.5. The molecule has 134 valence electrons. The van der Waals surface area contributed by atoms with Crippen molar-refractivity contribution in [3.63, 3.8) is 0 Å². The maximum Gasteiger partial charge on any atom is 0.279 e. The van der Waals surface area contributed by atoms with Crippen molar-refractivity contribution in [2.75, 3.05) is 19.1 Å². The molecule has 3 aromatic heterocycles. The first kappa shape index (κ1) is 17.6. The molecule has 7 heteroatoms. The molecular formula is C19H21N5O2. The molecule has 0 saturated carbocycles. The van der Waals surface area contributed by atoms with Crippen LogP contribution in [-0.4, -0.2) is 39.8 Å². The van der Waals surface area contributed by atoms with Crippen molar-refractivity contribution < 1.29 is 9.53 Å². The standard InChI is InChI=1S/C19H21N5O2/c1-13(2)15-12-14(22-24(15)17-9-5-6-10-20-17)19(25)23(3)18-16(26-4)8-7-11-21-18/h5-13H,1-4H3. The number of aromatic nitrogens is 4. The highest BCUT2D eigenvalue weighted by Crippen LogP contribution is 2.26. The van der Waals surface area contributed by atoms with Crippen molar-refractivity contribution in [1.82, 2.24) is 19.7 Å². The summed E-state index contributed by atoms with van der Waals surface area (Å²) in [7, 11) is 3.20. The number of ether oxygens (including phenoxy) is 1. The van der Waals surface area contributed by atoms with Crippen LogP contribution in [0.1, 0.15) is 35.9 Å². The quantitative estimate of drug-likeness (QED) is 0.706. The van der Waals surface area contributed by atoms with Crippen LogP contribution < -0.4 is 9.64 Å². The number of hydrogen-bond acceptors (Lipinski definition) is 5. The van der Waals surface area contributed by atoms with E-state index in [1.807, 2.05) is 18.2 Å². The molecule has 3 aromatic rings. The normalized spacial score (nSPS) is 10.8. The Bertz CT molecular complexity index is 905. The van der Waals surface area contributed by atoms with E-state index in [0.717, 1.165) is 5.69 Å². The largest absolute Gasteiger partial charge is 0.493 e. The van der Waals surface area contributed by atoms with E-state index in [1.165, 1.54) is 4.90 Å². The Morgan fingerprint density at radius 3 is 2.58 bits per heavy atom. The maximum atomic E-state index is 13.0. The minimum atomic E-state index is -0.265. The number of carbonyl (C=O) groups excluding carboxylic acids is 1. The average Bonchev–Trinajstić information content (AvgIpc) is 3.13. The molecule has 0 bridgehead atoms. The highest BCUT2D eigenvalue weighted by atomic mass is 16.5. The minimum Gasteiger partial charge on any atom is -0.493 e. The number of pyridine rings is 2. The van der Waals surface area contributed by atoms with Gasteiger partial charge < -0.3 is 4.74 Å². The highest BCUT2D eigenvalue weighted by Gasteiger charge is 2.23. The van der Waals surface area contributed by atoms with Crippen LogP contribution in [0.4, 0.5) is 5.82 Å². The lowest BCUT2D eigenvalue weighted by atomic mass is 10.1. The number of hydrogen-bond donors (Lipinski definition) is 0. The summed E-state index contributed by atoms with van der Waals surface area (Å²) in [5, 5.41) is 4.50. The third-order valence-corrected chi connectivity index (χ3v) is 4.01. The zero-order valence-electron chi connectivity index (χ0n) is 15.2. The van der Waals surface area contributed by atoms with Gasteiger partial charge in [0, 0.05) is 25.1 Å². The smallest absolute Gasteiger partial charge is 0.279 e. The van der Waals surface area contributed by atoms with Crippen LogP contribution in [0, 0.1) is 0 Å². The molecule has 0 atom stereocenters. The molecule has 7 nitrogen and oxygen atoms in total. The number of carbonyl (C=O) groups is 1. The number of methoxy groups -OCH3 is 1. The molecule has 0 unspecified atom stereocenters. The van der Waals surface area contributed by atoms with Crippen LogP contribution in [0.3, 0.4) is 0 Å². The van der Waals surface area contributed by atoms with Gasteiger partial charge in [0.15, 0.2) is 23.1 Å². The van der Waals surface area contributed by atoms with Crippen LogP contribution >= 0.6 is 0 Å². The summed E-state index contributed by atoms with van der Waals surface area (Å²) in [4.78, 5) is 23.0. The lowest BCUT2D eigenvalue weighted by molar-refractivity contribution is 0.0986. The fourth-order valence-electron chi connectivity index (χ4n) is 2.64. The minimum absolute atomic E-state index is 0.181. The first-order valence-electron chi connectivity index (χ1n) is 8.31. The van der Waals surface area contributed by atoms with E-state index < -0.39 is 0 Å². The van der Waals surface area contributed by atoms with Crippen molar-refractivity contribution >= 4 is 11.7 Å². The zero-order chi connectivity index (χ0) is 18.7. The molecule has 0 saturated heterocycles. The Morgan fingerprint density at radius 1 is 1.15 bits per heavy atom. The predicted octanol–water partition coefficient (Wildman–Crippen LogP) is 3.07. The van der Waals surface area contributed by atoms with Gasteiger partial charge >= 0.3 is 0 Å². The third kappa shape index (κ3) is 3.28. The van der Waals surface area contributed by atoms with Gasteiger partial charge in [-0.3, -0.25) is 9.69 Å². The summed E-state index contributed by atoms with van der Waals surface area (Å²) in [5.74, 6) is 1.56. The van der Waals surface area contributed by atoms with E-state index in [4.69, 9.17) is 4.74 Å². The van der Waals surface area contributed by atoms with Crippen molar-refractivity contribution in [3.05, 3.63) is 60.2 Å². The zero-order valence-corrected chi connectivity index (χ0v) is 15.2. The predicted molar refractivity (Wildman–Crippen MR) is 99.0 cm³/mol. The van der Waals surface area contributed by atoms with Crippen LogP contribution in [0.5, 0.6) is 5.75 Å². The number of anilines is 1. The number of nitrogens with zero attached hydrogens (tertiary/aromatic N) is 5. The van der Waals surface area contributed by atoms with Crippen molar-refractivity contribution in [1.29, 1.82) is 0 Å². The van der Waals surface area contributed by atoms with Crippen molar-refractivity contribution in [2.24, 2.45) is 0 Å². The third-order valence-electron chi connectivity index (χ3n) is 4.01. The van der Waals surface area contributed by atoms with Crippen LogP contribution in [-0.2, 0) is 0 Å². The number of rotatable bonds is 5. The Kier molecular flexibility index (Phi) is 4.97. The second kappa shape index (κ2) is 7.35. The van der Waals surface area contributed by atoms with E-state index in [2.05, 4.69) is 28.9 Å². The molecular weight excluding hydrogens is 330 g/mol. The average molecular weight is 351 g/mol. The molecule has 0 aliphatic heterocycles. The molecule has 0 radical (unpaired) electrons. The SMILES string of the molecule is COc1cccnc1N(C)C(=O)c1cc(C(C)C)n(-c2ccccn2)n1. The topological polar surface area (TPSA) is 73.1 Å². The van der Waals surface area contributed by atoms with Gasteiger partial charge in [0.25, 0.3) is 5.91 Å². The maximum absolute atomic E-state index is 13.0. The first-order valence-corrected chi connectivity index (χ1v) is 8.31. The van der Waals surface area contributed by atoms with Crippen molar-refractivity contribution in [2.45, 2.75) is 19.8 Å². The Hall–Kier alpha value is -3.22. The van der Waals surface area contributed by atoms with Gasteiger partial charge in [-0.15, -0.1) is 0 Å². The van der Waals surface area contributed by atoms with Crippen LogP contribution in [0.25, 0.3) is 5.82 Å². The van der Waals surface area contributed by atoms with Gasteiger partial charge in [-0.25, -0.2) is 14.6 Å². The van der Waals surface area contributed by atoms with E-state index >= 15 is 0 Å². The summed E-state index contributed by atoms with van der Waals surface area (Å²) in [5.41, 5.74) is 1.24. The molecule has 0 aromatic carbocycles. The summed E-state index contributed by atoms with van der Waals surface area (Å²) < 4.78 is 7.01. The van der Waals surface area contributed by atoms with Gasteiger partial charge in [0.1, 0.15) is 0 Å². The Morgan fingerprint density at radius 2 is 1.92 bits per heavy atom. The highest BCUT2D eigenvalue weighted by molar-refractivity contribution is 6.04. The molecule has 0 spiro atoms. The Balaban J connectivity index is 2.00. The molecule has 0 aliphatic carbocycles. The van der Waals surface area contributed by atoms with E-state index in [-0.39, 0.29) is 11.8 Å². The Labute approximate surface area is 152 Å². The molecule has 26 heavy (non-hydrogen) atoms. The van der Waals surface area contributed by atoms with E-state index in [0.29, 0.717) is 23.1 Å². The molecule has 0 fully saturated rings. The summed E-state index contributed by atoms with van der Waals surface area (Å²) in [6, 6.07) is 10.9. The molecule has 3 rings (SSSR count). The van der Waals surface area contributed by atoms with Crippen LogP contribution in [0.15, 0.2) is 48.8 Å². The van der Waals surface area contributed by atoms with E-state index in [1.54, 1.807) is 49.4 Å².